The monoisotopic (exact) mass is 291 g/mol. The van der Waals surface area contributed by atoms with E-state index in [1.54, 1.807) is 0 Å². The molecule has 0 radical (unpaired) electrons. The first-order chi connectivity index (χ1) is 10.4. The fourth-order valence-electron chi connectivity index (χ4n) is 2.39. The zero-order valence-electron chi connectivity index (χ0n) is 12.1. The molecule has 21 heavy (non-hydrogen) atoms. The maximum Gasteiger partial charge on any atom is 0.0450 e. The Morgan fingerprint density at radius 3 is 1.38 bits per heavy atom. The lowest BCUT2D eigenvalue weighted by Crippen LogP contribution is -2.16. The van der Waals surface area contributed by atoms with Crippen LogP contribution in [0.1, 0.15) is 0 Å². The van der Waals surface area contributed by atoms with Gasteiger partial charge < -0.3 is 4.67 Å². The van der Waals surface area contributed by atoms with Gasteiger partial charge in [-0.1, -0.05) is 66.7 Å². The van der Waals surface area contributed by atoms with Gasteiger partial charge in [0.25, 0.3) is 0 Å². The zero-order valence-corrected chi connectivity index (χ0v) is 12.9. The second kappa shape index (κ2) is 6.56. The third-order valence-electron chi connectivity index (χ3n) is 3.43. The molecule has 1 unspecified atom stereocenters. The van der Waals surface area contributed by atoms with Crippen LogP contribution in [0.5, 0.6) is 0 Å². The number of anilines is 2. The molecular weight excluding hydrogens is 273 g/mol. The van der Waals surface area contributed by atoms with Crippen LogP contribution < -0.4 is 9.97 Å². The molecule has 0 N–H and O–H groups in total. The van der Waals surface area contributed by atoms with E-state index >= 15 is 0 Å². The fraction of sp³-hybridized carbons (Fsp3) is 0.0526. The minimum absolute atomic E-state index is 0.458. The molecule has 0 amide bonds. The summed E-state index contributed by atoms with van der Waals surface area (Å²) in [6, 6.07) is 31.9. The first kappa shape index (κ1) is 13.9. The molecule has 0 aliphatic carbocycles. The topological polar surface area (TPSA) is 3.24 Å². The van der Waals surface area contributed by atoms with Crippen molar-refractivity contribution in [2.24, 2.45) is 0 Å². The van der Waals surface area contributed by atoms with E-state index in [2.05, 4.69) is 102 Å². The number of rotatable bonds is 4. The van der Waals surface area contributed by atoms with Gasteiger partial charge in [0.2, 0.25) is 0 Å². The van der Waals surface area contributed by atoms with Gasteiger partial charge in [-0.2, -0.15) is 0 Å². The van der Waals surface area contributed by atoms with E-state index in [-0.39, 0.29) is 0 Å². The van der Waals surface area contributed by atoms with Crippen LogP contribution in [0, 0.1) is 0 Å². The predicted molar refractivity (Wildman–Crippen MR) is 93.9 cm³/mol. The maximum atomic E-state index is 2.44. The molecule has 0 aliphatic rings. The normalized spacial score (nSPS) is 11.9. The number of hydrogen-bond acceptors (Lipinski definition) is 1. The second-order valence-electron chi connectivity index (χ2n) is 4.84. The summed E-state index contributed by atoms with van der Waals surface area (Å²) < 4.78 is 2.44. The van der Waals surface area contributed by atoms with Crippen molar-refractivity contribution in [1.29, 1.82) is 0 Å². The Hall–Kier alpha value is -2.11. The summed E-state index contributed by atoms with van der Waals surface area (Å²) in [6.45, 7) is 2.31. The van der Waals surface area contributed by atoms with Gasteiger partial charge in [-0.25, -0.2) is 0 Å². The molecule has 104 valence electrons. The SMILES string of the molecule is CP(c1ccccc1)N(c1ccccc1)c1ccccc1. The molecule has 0 fully saturated rings. The Balaban J connectivity index is 2.05. The Bertz CT molecular complexity index is 628. The second-order valence-corrected chi connectivity index (χ2v) is 6.81. The van der Waals surface area contributed by atoms with E-state index in [1.807, 2.05) is 0 Å². The van der Waals surface area contributed by atoms with Crippen molar-refractivity contribution in [2.75, 3.05) is 11.3 Å². The first-order valence-corrected chi connectivity index (χ1v) is 8.79. The van der Waals surface area contributed by atoms with Crippen molar-refractivity contribution in [3.63, 3.8) is 0 Å². The van der Waals surface area contributed by atoms with Crippen LogP contribution in [-0.2, 0) is 0 Å². The molecule has 3 aromatic carbocycles. The molecule has 3 aromatic rings. The summed E-state index contributed by atoms with van der Waals surface area (Å²) in [6.07, 6.45) is 0. The molecule has 1 atom stereocenters. The van der Waals surface area contributed by atoms with Gasteiger partial charge in [-0.05, 0) is 36.2 Å². The summed E-state index contributed by atoms with van der Waals surface area (Å²) in [5.41, 5.74) is 2.47. The summed E-state index contributed by atoms with van der Waals surface area (Å²) in [5, 5.41) is 1.38. The van der Waals surface area contributed by atoms with Crippen molar-refractivity contribution in [2.45, 2.75) is 0 Å². The number of benzene rings is 3. The van der Waals surface area contributed by atoms with E-state index in [9.17, 15) is 0 Å². The molecular formula is C19H18NP. The van der Waals surface area contributed by atoms with Crippen LogP contribution in [0.25, 0.3) is 0 Å². The van der Waals surface area contributed by atoms with Crippen LogP contribution in [0.15, 0.2) is 91.0 Å². The molecule has 0 spiro atoms. The van der Waals surface area contributed by atoms with Gasteiger partial charge in [-0.15, -0.1) is 0 Å². The molecule has 0 saturated carbocycles. The lowest BCUT2D eigenvalue weighted by Gasteiger charge is -2.31. The van der Waals surface area contributed by atoms with Gasteiger partial charge in [0, 0.05) is 19.4 Å². The Kier molecular flexibility index (Phi) is 4.33. The third kappa shape index (κ3) is 3.15. The highest BCUT2D eigenvalue weighted by Crippen LogP contribution is 2.45. The van der Waals surface area contributed by atoms with Gasteiger partial charge in [0.1, 0.15) is 0 Å². The minimum atomic E-state index is -0.458. The van der Waals surface area contributed by atoms with Gasteiger partial charge in [0.15, 0.2) is 0 Å². The van der Waals surface area contributed by atoms with Crippen molar-refractivity contribution in [1.82, 2.24) is 0 Å². The largest absolute Gasteiger partial charge is 0.316 e. The van der Waals surface area contributed by atoms with Crippen molar-refractivity contribution in [3.8, 4) is 0 Å². The first-order valence-electron chi connectivity index (χ1n) is 7.05. The van der Waals surface area contributed by atoms with E-state index < -0.39 is 8.07 Å². The summed E-state index contributed by atoms with van der Waals surface area (Å²) in [7, 11) is -0.458. The van der Waals surface area contributed by atoms with Gasteiger partial charge in [0.05, 0.1) is 0 Å². The Labute approximate surface area is 127 Å². The molecule has 2 heteroatoms. The summed E-state index contributed by atoms with van der Waals surface area (Å²) in [5.74, 6) is 0. The van der Waals surface area contributed by atoms with Crippen LogP contribution in [-0.4, -0.2) is 6.66 Å². The quantitative estimate of drug-likeness (QED) is 0.599. The lowest BCUT2D eigenvalue weighted by atomic mass is 10.3. The molecule has 1 nitrogen and oxygen atoms in total. The summed E-state index contributed by atoms with van der Waals surface area (Å²) in [4.78, 5) is 0. The molecule has 0 aliphatic heterocycles. The van der Waals surface area contributed by atoms with Crippen LogP contribution >= 0.6 is 8.07 Å². The van der Waals surface area contributed by atoms with Gasteiger partial charge in [-0.3, -0.25) is 0 Å². The standard InChI is InChI=1S/C19H18NP/c1-21(19-15-9-4-10-16-19)20(17-11-5-2-6-12-17)18-13-7-3-8-14-18/h2-16H,1H3. The summed E-state index contributed by atoms with van der Waals surface area (Å²) >= 11 is 0. The molecule has 0 heterocycles. The zero-order chi connectivity index (χ0) is 14.5. The molecule has 3 rings (SSSR count). The average molecular weight is 291 g/mol. The maximum absolute atomic E-state index is 2.44. The Morgan fingerprint density at radius 1 is 0.571 bits per heavy atom. The minimum Gasteiger partial charge on any atom is -0.316 e. The third-order valence-corrected chi connectivity index (χ3v) is 5.54. The van der Waals surface area contributed by atoms with Crippen molar-refractivity contribution in [3.05, 3.63) is 91.0 Å². The molecule has 0 aromatic heterocycles. The number of para-hydroxylation sites is 2. The number of nitrogens with zero attached hydrogens (tertiary/aromatic N) is 1. The van der Waals surface area contributed by atoms with E-state index in [4.69, 9.17) is 0 Å². The smallest absolute Gasteiger partial charge is 0.0450 e. The highest BCUT2D eigenvalue weighted by Gasteiger charge is 2.17. The van der Waals surface area contributed by atoms with E-state index in [0.29, 0.717) is 0 Å². The fourth-order valence-corrected chi connectivity index (χ4v) is 4.19. The Morgan fingerprint density at radius 2 is 0.952 bits per heavy atom. The van der Waals surface area contributed by atoms with E-state index in [0.717, 1.165) is 0 Å². The number of hydrogen-bond donors (Lipinski definition) is 0. The average Bonchev–Trinajstić information content (AvgIpc) is 2.58. The van der Waals surface area contributed by atoms with Crippen molar-refractivity contribution >= 4 is 24.8 Å². The highest BCUT2D eigenvalue weighted by atomic mass is 31.1. The lowest BCUT2D eigenvalue weighted by molar-refractivity contribution is 1.41. The van der Waals surface area contributed by atoms with Crippen LogP contribution in [0.4, 0.5) is 11.4 Å². The predicted octanol–water partition coefficient (Wildman–Crippen LogP) is 5.18. The van der Waals surface area contributed by atoms with Crippen LogP contribution in [0.2, 0.25) is 0 Å². The highest BCUT2D eigenvalue weighted by molar-refractivity contribution is 7.66. The van der Waals surface area contributed by atoms with Crippen molar-refractivity contribution < 1.29 is 0 Å². The van der Waals surface area contributed by atoms with Gasteiger partial charge >= 0.3 is 0 Å². The molecule has 0 saturated heterocycles. The van der Waals surface area contributed by atoms with Crippen LogP contribution in [0.3, 0.4) is 0 Å². The van der Waals surface area contributed by atoms with E-state index in [1.165, 1.54) is 16.7 Å². The molecule has 0 bridgehead atoms.